The summed E-state index contributed by atoms with van der Waals surface area (Å²) in [5, 5.41) is 21.2. The van der Waals surface area contributed by atoms with Gasteiger partial charge < -0.3 is 26.8 Å². The van der Waals surface area contributed by atoms with Gasteiger partial charge in [0.05, 0.1) is 6.61 Å². The van der Waals surface area contributed by atoms with E-state index in [0.717, 1.165) is 44.7 Å². The van der Waals surface area contributed by atoms with Gasteiger partial charge in [0.25, 0.3) is 0 Å². The fourth-order valence-electron chi connectivity index (χ4n) is 2.04. The molecule has 0 amide bonds. The van der Waals surface area contributed by atoms with Gasteiger partial charge in [0.1, 0.15) is 5.69 Å². The summed E-state index contributed by atoms with van der Waals surface area (Å²) in [7, 11) is 0. The first-order valence-corrected chi connectivity index (χ1v) is 7.67. The van der Waals surface area contributed by atoms with E-state index in [9.17, 15) is 4.91 Å². The largest absolute Gasteiger partial charge is 0.395 e. The van der Waals surface area contributed by atoms with Crippen LogP contribution in [0.15, 0.2) is 29.4 Å². The standard InChI is InChI=1S/C15H27N5O2/c16-14(11-13-1-3-15(20-22)4-2-13)12-19-8-7-17-5-6-18-9-10-21/h1-4,14,17-19,21H,5-12,16H2. The number of benzene rings is 1. The molecule has 0 aliphatic rings. The van der Waals surface area contributed by atoms with E-state index in [-0.39, 0.29) is 12.6 Å². The topological polar surface area (TPSA) is 112 Å². The molecule has 0 saturated carbocycles. The van der Waals surface area contributed by atoms with Crippen molar-refractivity contribution >= 4 is 5.69 Å². The summed E-state index contributed by atoms with van der Waals surface area (Å²) in [6.07, 6.45) is 0.768. The van der Waals surface area contributed by atoms with Gasteiger partial charge in [0, 0.05) is 45.3 Å². The van der Waals surface area contributed by atoms with Gasteiger partial charge in [-0.15, -0.1) is 4.91 Å². The molecule has 1 rings (SSSR count). The van der Waals surface area contributed by atoms with Crippen molar-refractivity contribution in [3.05, 3.63) is 34.7 Å². The highest BCUT2D eigenvalue weighted by Gasteiger charge is 2.04. The Morgan fingerprint density at radius 1 is 1.00 bits per heavy atom. The van der Waals surface area contributed by atoms with E-state index >= 15 is 0 Å². The number of hydrogen-bond donors (Lipinski definition) is 5. The van der Waals surface area contributed by atoms with Crippen LogP contribution >= 0.6 is 0 Å². The fourth-order valence-corrected chi connectivity index (χ4v) is 2.04. The molecule has 0 heterocycles. The summed E-state index contributed by atoms with van der Waals surface area (Å²) in [6, 6.07) is 7.23. The molecule has 1 aromatic carbocycles. The Labute approximate surface area is 131 Å². The van der Waals surface area contributed by atoms with Gasteiger partial charge in [-0.2, -0.15) is 0 Å². The first-order valence-electron chi connectivity index (χ1n) is 7.67. The molecule has 0 aliphatic heterocycles. The summed E-state index contributed by atoms with van der Waals surface area (Å²) in [4.78, 5) is 10.3. The predicted octanol–water partition coefficient (Wildman–Crippen LogP) is -0.285. The van der Waals surface area contributed by atoms with Crippen LogP contribution in [0.3, 0.4) is 0 Å². The molecule has 7 heteroatoms. The Morgan fingerprint density at radius 2 is 1.59 bits per heavy atom. The van der Waals surface area contributed by atoms with E-state index in [4.69, 9.17) is 10.8 Å². The lowest BCUT2D eigenvalue weighted by molar-refractivity contribution is 0.292. The summed E-state index contributed by atoms with van der Waals surface area (Å²) < 4.78 is 0. The lowest BCUT2D eigenvalue weighted by atomic mass is 10.1. The van der Waals surface area contributed by atoms with Crippen molar-refractivity contribution in [3.63, 3.8) is 0 Å². The highest BCUT2D eigenvalue weighted by molar-refractivity contribution is 5.38. The lowest BCUT2D eigenvalue weighted by Gasteiger charge is -2.13. The van der Waals surface area contributed by atoms with Gasteiger partial charge in [-0.05, 0) is 29.3 Å². The van der Waals surface area contributed by atoms with Crippen molar-refractivity contribution in [3.8, 4) is 0 Å². The number of aliphatic hydroxyl groups excluding tert-OH is 1. The Morgan fingerprint density at radius 3 is 2.18 bits per heavy atom. The second-order valence-corrected chi connectivity index (χ2v) is 5.15. The molecule has 124 valence electrons. The molecular formula is C15H27N5O2. The molecule has 22 heavy (non-hydrogen) atoms. The smallest absolute Gasteiger partial charge is 0.108 e. The number of nitrogens with two attached hydrogens (primary N) is 1. The third-order valence-corrected chi connectivity index (χ3v) is 3.19. The maximum atomic E-state index is 10.3. The quantitative estimate of drug-likeness (QED) is 0.253. The molecule has 6 N–H and O–H groups in total. The van der Waals surface area contributed by atoms with Crippen molar-refractivity contribution in [1.82, 2.24) is 16.0 Å². The van der Waals surface area contributed by atoms with Crippen LogP contribution in [-0.2, 0) is 6.42 Å². The molecule has 0 aliphatic carbocycles. The average Bonchev–Trinajstić information content (AvgIpc) is 2.54. The van der Waals surface area contributed by atoms with Crippen LogP contribution in [0, 0.1) is 4.91 Å². The molecular weight excluding hydrogens is 282 g/mol. The highest BCUT2D eigenvalue weighted by atomic mass is 16.3. The first kappa shape index (κ1) is 18.7. The summed E-state index contributed by atoms with van der Waals surface area (Å²) in [5.41, 5.74) is 7.62. The second-order valence-electron chi connectivity index (χ2n) is 5.15. The summed E-state index contributed by atoms with van der Waals surface area (Å²) in [6.45, 7) is 5.04. The number of rotatable bonds is 13. The van der Waals surface area contributed by atoms with Gasteiger partial charge >= 0.3 is 0 Å². The third-order valence-electron chi connectivity index (χ3n) is 3.19. The monoisotopic (exact) mass is 309 g/mol. The summed E-state index contributed by atoms with van der Waals surface area (Å²) in [5.74, 6) is 0. The zero-order chi connectivity index (χ0) is 16.0. The summed E-state index contributed by atoms with van der Waals surface area (Å²) >= 11 is 0. The van der Waals surface area contributed by atoms with Crippen LogP contribution in [0.2, 0.25) is 0 Å². The normalized spacial score (nSPS) is 12.3. The van der Waals surface area contributed by atoms with E-state index in [1.807, 2.05) is 12.1 Å². The maximum absolute atomic E-state index is 10.3. The molecule has 0 fully saturated rings. The van der Waals surface area contributed by atoms with Crippen LogP contribution in [0.4, 0.5) is 5.69 Å². The minimum Gasteiger partial charge on any atom is -0.395 e. The van der Waals surface area contributed by atoms with Crippen LogP contribution in [0.25, 0.3) is 0 Å². The number of nitrogens with one attached hydrogen (secondary N) is 3. The molecule has 7 nitrogen and oxygen atoms in total. The zero-order valence-corrected chi connectivity index (χ0v) is 12.9. The molecule has 0 aromatic heterocycles. The predicted molar refractivity (Wildman–Crippen MR) is 89.3 cm³/mol. The van der Waals surface area contributed by atoms with Gasteiger partial charge in [-0.3, -0.25) is 0 Å². The van der Waals surface area contributed by atoms with Crippen LogP contribution in [-0.4, -0.2) is 57.0 Å². The van der Waals surface area contributed by atoms with E-state index < -0.39 is 0 Å². The van der Waals surface area contributed by atoms with Crippen molar-refractivity contribution in [2.24, 2.45) is 10.9 Å². The molecule has 0 saturated heterocycles. The Balaban J connectivity index is 2.01. The van der Waals surface area contributed by atoms with E-state index in [1.54, 1.807) is 12.1 Å². The molecule has 0 spiro atoms. The third kappa shape index (κ3) is 8.81. The molecule has 0 bridgehead atoms. The minimum atomic E-state index is 0.0428. The van der Waals surface area contributed by atoms with Crippen molar-refractivity contribution in [1.29, 1.82) is 0 Å². The molecule has 1 atom stereocenters. The molecule has 0 radical (unpaired) electrons. The average molecular weight is 309 g/mol. The Bertz CT molecular complexity index is 399. The van der Waals surface area contributed by atoms with Gasteiger partial charge in [0.2, 0.25) is 0 Å². The maximum Gasteiger partial charge on any atom is 0.108 e. The minimum absolute atomic E-state index is 0.0428. The second kappa shape index (κ2) is 12.2. The van der Waals surface area contributed by atoms with Gasteiger partial charge in [0.15, 0.2) is 0 Å². The number of aliphatic hydroxyl groups is 1. The SMILES string of the molecule is NC(CNCCNCCNCCO)Cc1ccc(N=O)cc1. The Kier molecular flexibility index (Phi) is 10.3. The van der Waals surface area contributed by atoms with Crippen LogP contribution in [0.5, 0.6) is 0 Å². The van der Waals surface area contributed by atoms with Crippen molar-refractivity contribution < 1.29 is 5.11 Å². The van der Waals surface area contributed by atoms with Gasteiger partial charge in [-0.1, -0.05) is 12.1 Å². The van der Waals surface area contributed by atoms with E-state index in [1.165, 1.54) is 0 Å². The highest BCUT2D eigenvalue weighted by Crippen LogP contribution is 2.12. The molecule has 1 aromatic rings. The first-order chi connectivity index (χ1) is 10.8. The molecule has 1 unspecified atom stereocenters. The Hall–Kier alpha value is -1.38. The van der Waals surface area contributed by atoms with Crippen LogP contribution in [0.1, 0.15) is 5.56 Å². The zero-order valence-electron chi connectivity index (χ0n) is 12.9. The fraction of sp³-hybridized carbons (Fsp3) is 0.600. The van der Waals surface area contributed by atoms with Crippen LogP contribution < -0.4 is 21.7 Å². The van der Waals surface area contributed by atoms with E-state index in [2.05, 4.69) is 21.1 Å². The van der Waals surface area contributed by atoms with Crippen molar-refractivity contribution in [2.75, 3.05) is 45.9 Å². The van der Waals surface area contributed by atoms with Crippen molar-refractivity contribution in [2.45, 2.75) is 12.5 Å². The number of hydrogen-bond acceptors (Lipinski definition) is 7. The lowest BCUT2D eigenvalue weighted by Crippen LogP contribution is -2.39. The van der Waals surface area contributed by atoms with E-state index in [0.29, 0.717) is 12.2 Å². The number of nitrogens with zero attached hydrogens (tertiary/aromatic N) is 1. The number of nitroso groups, excluding NO2 is 1. The van der Waals surface area contributed by atoms with Gasteiger partial charge in [-0.25, -0.2) is 0 Å².